The summed E-state index contributed by atoms with van der Waals surface area (Å²) >= 11 is 1.51. The Bertz CT molecular complexity index is 929. The van der Waals surface area contributed by atoms with Gasteiger partial charge < -0.3 is 9.73 Å². The predicted molar refractivity (Wildman–Crippen MR) is 97.7 cm³/mol. The Morgan fingerprint density at radius 2 is 2.08 bits per heavy atom. The second-order valence-electron chi connectivity index (χ2n) is 6.51. The fourth-order valence-corrected chi connectivity index (χ4v) is 3.74. The number of aromatic nitrogens is 2. The predicted octanol–water partition coefficient (Wildman–Crippen LogP) is 4.69. The maximum atomic E-state index is 12.9. The Kier molecular flexibility index (Phi) is 4.55. The first-order valence-corrected chi connectivity index (χ1v) is 9.38. The fourth-order valence-electron chi connectivity index (χ4n) is 2.85. The molecule has 1 fully saturated rings. The highest BCUT2D eigenvalue weighted by molar-refractivity contribution is 7.15. The van der Waals surface area contributed by atoms with Gasteiger partial charge in [0, 0.05) is 10.8 Å². The lowest BCUT2D eigenvalue weighted by atomic mass is 9.85. The highest BCUT2D eigenvalue weighted by Crippen LogP contribution is 2.38. The van der Waals surface area contributed by atoms with Crippen molar-refractivity contribution in [3.05, 3.63) is 52.5 Å². The number of amides is 1. The molecule has 1 N–H and O–H groups in total. The summed E-state index contributed by atoms with van der Waals surface area (Å²) in [5, 5.41) is 11.2. The SMILES string of the molecule is Cc1sc(-c2nnc(C3CCC3)o2)cc1NC(=O)Cc1ccc(F)cc1. The minimum atomic E-state index is -0.312. The number of thiophene rings is 1. The second kappa shape index (κ2) is 6.99. The van der Waals surface area contributed by atoms with Crippen LogP contribution in [0.3, 0.4) is 0 Å². The van der Waals surface area contributed by atoms with Crippen LogP contribution in [0.15, 0.2) is 34.7 Å². The van der Waals surface area contributed by atoms with Gasteiger partial charge in [0.05, 0.1) is 17.0 Å². The molecule has 0 spiro atoms. The molecule has 1 aromatic carbocycles. The number of carbonyl (C=O) groups is 1. The molecular formula is C19H18FN3O2S. The molecule has 7 heteroatoms. The van der Waals surface area contributed by atoms with E-state index in [4.69, 9.17) is 4.42 Å². The molecule has 0 unspecified atom stereocenters. The van der Waals surface area contributed by atoms with Gasteiger partial charge >= 0.3 is 0 Å². The lowest BCUT2D eigenvalue weighted by molar-refractivity contribution is -0.115. The Morgan fingerprint density at radius 1 is 1.31 bits per heavy atom. The smallest absolute Gasteiger partial charge is 0.257 e. The van der Waals surface area contributed by atoms with Gasteiger partial charge in [-0.3, -0.25) is 4.79 Å². The number of halogens is 1. The Labute approximate surface area is 154 Å². The first kappa shape index (κ1) is 16.9. The zero-order valence-electron chi connectivity index (χ0n) is 14.3. The molecule has 1 saturated carbocycles. The molecule has 4 rings (SSSR count). The zero-order chi connectivity index (χ0) is 18.1. The van der Waals surface area contributed by atoms with E-state index in [-0.39, 0.29) is 18.1 Å². The summed E-state index contributed by atoms with van der Waals surface area (Å²) < 4.78 is 18.7. The molecule has 2 aromatic heterocycles. The van der Waals surface area contributed by atoms with Crippen molar-refractivity contribution in [2.45, 2.75) is 38.5 Å². The van der Waals surface area contributed by atoms with E-state index in [0.29, 0.717) is 17.7 Å². The van der Waals surface area contributed by atoms with Gasteiger partial charge in [-0.25, -0.2) is 4.39 Å². The summed E-state index contributed by atoms with van der Waals surface area (Å²) in [7, 11) is 0. The van der Waals surface area contributed by atoms with Crippen molar-refractivity contribution in [2.75, 3.05) is 5.32 Å². The number of rotatable bonds is 5. The number of hydrogen-bond acceptors (Lipinski definition) is 5. The van der Waals surface area contributed by atoms with Crippen molar-refractivity contribution in [1.29, 1.82) is 0 Å². The largest absolute Gasteiger partial charge is 0.420 e. The minimum absolute atomic E-state index is 0.148. The van der Waals surface area contributed by atoms with E-state index in [1.165, 1.54) is 29.9 Å². The zero-order valence-corrected chi connectivity index (χ0v) is 15.1. The monoisotopic (exact) mass is 371 g/mol. The number of hydrogen-bond donors (Lipinski definition) is 1. The number of aryl methyl sites for hydroxylation is 1. The molecule has 1 amide bonds. The molecule has 0 radical (unpaired) electrons. The van der Waals surface area contributed by atoms with Gasteiger partial charge in [0.1, 0.15) is 5.82 Å². The molecule has 26 heavy (non-hydrogen) atoms. The van der Waals surface area contributed by atoms with Crippen LogP contribution in [0.1, 0.15) is 41.5 Å². The first-order valence-electron chi connectivity index (χ1n) is 8.57. The van der Waals surface area contributed by atoms with E-state index in [0.717, 1.165) is 33.8 Å². The Hall–Kier alpha value is -2.54. The molecule has 2 heterocycles. The average Bonchev–Trinajstić information content (AvgIpc) is 3.16. The molecule has 0 bridgehead atoms. The van der Waals surface area contributed by atoms with Crippen LogP contribution in [-0.4, -0.2) is 16.1 Å². The third kappa shape index (κ3) is 3.53. The van der Waals surface area contributed by atoms with Crippen LogP contribution in [0.4, 0.5) is 10.1 Å². The molecule has 3 aromatic rings. The van der Waals surface area contributed by atoms with Crippen LogP contribution in [0.25, 0.3) is 10.8 Å². The molecule has 5 nitrogen and oxygen atoms in total. The van der Waals surface area contributed by atoms with Crippen LogP contribution >= 0.6 is 11.3 Å². The summed E-state index contributed by atoms with van der Waals surface area (Å²) in [6, 6.07) is 7.79. The number of nitrogens with one attached hydrogen (secondary N) is 1. The van der Waals surface area contributed by atoms with E-state index < -0.39 is 0 Å². The summed E-state index contributed by atoms with van der Waals surface area (Å²) in [5.41, 5.74) is 1.50. The van der Waals surface area contributed by atoms with E-state index >= 15 is 0 Å². The van der Waals surface area contributed by atoms with Crippen molar-refractivity contribution in [2.24, 2.45) is 0 Å². The van der Waals surface area contributed by atoms with Crippen molar-refractivity contribution in [3.63, 3.8) is 0 Å². The highest BCUT2D eigenvalue weighted by atomic mass is 32.1. The first-order chi connectivity index (χ1) is 12.6. The topological polar surface area (TPSA) is 68.0 Å². The molecule has 134 valence electrons. The summed E-state index contributed by atoms with van der Waals surface area (Å²) in [6.45, 7) is 1.94. The van der Waals surface area contributed by atoms with Crippen LogP contribution in [-0.2, 0) is 11.2 Å². The van der Waals surface area contributed by atoms with E-state index in [1.807, 2.05) is 13.0 Å². The number of anilines is 1. The van der Waals surface area contributed by atoms with E-state index in [1.54, 1.807) is 12.1 Å². The molecule has 0 atom stereocenters. The molecule has 0 saturated heterocycles. The third-order valence-electron chi connectivity index (χ3n) is 4.58. The number of benzene rings is 1. The van der Waals surface area contributed by atoms with Gasteiger partial charge in [0.15, 0.2) is 0 Å². The summed E-state index contributed by atoms with van der Waals surface area (Å²) in [6.07, 6.45) is 3.62. The average molecular weight is 371 g/mol. The maximum Gasteiger partial charge on any atom is 0.257 e. The second-order valence-corrected chi connectivity index (χ2v) is 7.76. The summed E-state index contributed by atoms with van der Waals surface area (Å²) in [4.78, 5) is 14.1. The molecule has 1 aliphatic carbocycles. The van der Waals surface area contributed by atoms with Crippen molar-refractivity contribution < 1.29 is 13.6 Å². The lowest BCUT2D eigenvalue weighted by Gasteiger charge is -2.20. The van der Waals surface area contributed by atoms with Gasteiger partial charge in [0.2, 0.25) is 11.8 Å². The Balaban J connectivity index is 1.45. The fraction of sp³-hybridized carbons (Fsp3) is 0.316. The van der Waals surface area contributed by atoms with Gasteiger partial charge in [-0.15, -0.1) is 21.5 Å². The number of carbonyl (C=O) groups excluding carboxylic acids is 1. The molecule has 1 aliphatic rings. The minimum Gasteiger partial charge on any atom is -0.420 e. The van der Waals surface area contributed by atoms with Crippen molar-refractivity contribution >= 4 is 22.9 Å². The van der Waals surface area contributed by atoms with Crippen LogP contribution in [0.2, 0.25) is 0 Å². The van der Waals surface area contributed by atoms with Gasteiger partial charge in [0.25, 0.3) is 5.89 Å². The standard InChI is InChI=1S/C19H18FN3O2S/c1-11-15(21-17(24)9-12-5-7-14(20)8-6-12)10-16(26-11)19-23-22-18(25-19)13-3-2-4-13/h5-8,10,13H,2-4,9H2,1H3,(H,21,24). The van der Waals surface area contributed by atoms with E-state index in [9.17, 15) is 9.18 Å². The quantitative estimate of drug-likeness (QED) is 0.706. The van der Waals surface area contributed by atoms with Gasteiger partial charge in [-0.05, 0) is 43.5 Å². The highest BCUT2D eigenvalue weighted by Gasteiger charge is 2.26. The van der Waals surface area contributed by atoms with Crippen molar-refractivity contribution in [1.82, 2.24) is 10.2 Å². The normalized spacial score (nSPS) is 14.2. The molecule has 0 aliphatic heterocycles. The Morgan fingerprint density at radius 3 is 2.77 bits per heavy atom. The van der Waals surface area contributed by atoms with Gasteiger partial charge in [-0.1, -0.05) is 18.6 Å². The van der Waals surface area contributed by atoms with Gasteiger partial charge in [-0.2, -0.15) is 0 Å². The van der Waals surface area contributed by atoms with Crippen LogP contribution in [0, 0.1) is 12.7 Å². The van der Waals surface area contributed by atoms with Crippen LogP contribution in [0.5, 0.6) is 0 Å². The maximum absolute atomic E-state index is 12.9. The molecular weight excluding hydrogens is 353 g/mol. The van der Waals surface area contributed by atoms with Crippen molar-refractivity contribution in [3.8, 4) is 10.8 Å². The number of nitrogens with zero attached hydrogens (tertiary/aromatic N) is 2. The van der Waals surface area contributed by atoms with Crippen LogP contribution < -0.4 is 5.32 Å². The van der Waals surface area contributed by atoms with E-state index in [2.05, 4.69) is 15.5 Å². The third-order valence-corrected chi connectivity index (χ3v) is 5.61. The lowest BCUT2D eigenvalue weighted by Crippen LogP contribution is -2.14. The summed E-state index contributed by atoms with van der Waals surface area (Å²) in [5.74, 6) is 1.14.